The molecule has 2 heterocycles. The summed E-state index contributed by atoms with van der Waals surface area (Å²) in [5, 5.41) is 19.2. The third kappa shape index (κ3) is 2.63. The van der Waals surface area contributed by atoms with Gasteiger partial charge in [-0.3, -0.25) is 4.98 Å². The van der Waals surface area contributed by atoms with Crippen molar-refractivity contribution >= 4 is 22.3 Å². The minimum Gasteiger partial charge on any atom is -0.493 e. The van der Waals surface area contributed by atoms with Gasteiger partial charge in [0.2, 0.25) is 5.88 Å². The summed E-state index contributed by atoms with van der Waals surface area (Å²) in [5.41, 5.74) is 3.14. The lowest BCUT2D eigenvalue weighted by Crippen LogP contribution is -1.85. The van der Waals surface area contributed by atoms with E-state index in [2.05, 4.69) is 34.0 Å². The minimum atomic E-state index is 0.0264. The van der Waals surface area contributed by atoms with E-state index < -0.39 is 0 Å². The van der Waals surface area contributed by atoms with Crippen molar-refractivity contribution in [3.63, 3.8) is 0 Å². The van der Waals surface area contributed by atoms with E-state index in [0.717, 1.165) is 10.9 Å². The zero-order chi connectivity index (χ0) is 14.8. The number of aromatic hydroxyl groups is 1. The Hall–Kier alpha value is -2.69. The van der Waals surface area contributed by atoms with Crippen molar-refractivity contribution in [1.82, 2.24) is 9.97 Å². The highest BCUT2D eigenvalue weighted by molar-refractivity contribution is 5.94. The number of aromatic nitrogens is 2. The number of aromatic amines is 1. The molecule has 0 fully saturated rings. The standard InChI is InChI=1S/C16H16N4O/c1-10(2)11-5-6-14-13(8-11)15(16(21)18-14)20-19-12-4-3-7-17-9-12/h3-10,18,21H,1-2H3. The van der Waals surface area contributed by atoms with Gasteiger partial charge in [-0.25, -0.2) is 0 Å². The van der Waals surface area contributed by atoms with Crippen molar-refractivity contribution in [2.45, 2.75) is 19.8 Å². The zero-order valence-electron chi connectivity index (χ0n) is 11.9. The van der Waals surface area contributed by atoms with Crippen LogP contribution in [0, 0.1) is 0 Å². The van der Waals surface area contributed by atoms with Crippen LogP contribution in [0.25, 0.3) is 10.9 Å². The second kappa shape index (κ2) is 5.36. The molecule has 1 aromatic carbocycles. The molecule has 0 spiro atoms. The van der Waals surface area contributed by atoms with Crippen molar-refractivity contribution in [2.24, 2.45) is 10.2 Å². The largest absolute Gasteiger partial charge is 0.493 e. The van der Waals surface area contributed by atoms with Crippen LogP contribution in [-0.4, -0.2) is 15.1 Å². The van der Waals surface area contributed by atoms with Gasteiger partial charge in [0.05, 0.1) is 11.7 Å². The maximum Gasteiger partial charge on any atom is 0.218 e. The third-order valence-corrected chi connectivity index (χ3v) is 3.35. The second-order valence-electron chi connectivity index (χ2n) is 5.19. The van der Waals surface area contributed by atoms with E-state index in [1.165, 1.54) is 5.56 Å². The topological polar surface area (TPSA) is 73.6 Å². The van der Waals surface area contributed by atoms with E-state index >= 15 is 0 Å². The first-order chi connectivity index (χ1) is 10.1. The first kappa shape index (κ1) is 13.3. The highest BCUT2D eigenvalue weighted by Crippen LogP contribution is 2.37. The molecule has 3 aromatic rings. The summed E-state index contributed by atoms with van der Waals surface area (Å²) in [6.07, 6.45) is 3.30. The highest BCUT2D eigenvalue weighted by Gasteiger charge is 2.12. The molecule has 0 aliphatic carbocycles. The third-order valence-electron chi connectivity index (χ3n) is 3.35. The van der Waals surface area contributed by atoms with Gasteiger partial charge in [0.25, 0.3) is 0 Å². The Labute approximate surface area is 122 Å². The van der Waals surface area contributed by atoms with E-state index in [9.17, 15) is 5.11 Å². The van der Waals surface area contributed by atoms with Crippen molar-refractivity contribution in [3.05, 3.63) is 48.3 Å². The highest BCUT2D eigenvalue weighted by atomic mass is 16.3. The van der Waals surface area contributed by atoms with Crippen molar-refractivity contribution in [1.29, 1.82) is 0 Å². The first-order valence-electron chi connectivity index (χ1n) is 6.81. The molecule has 5 nitrogen and oxygen atoms in total. The summed E-state index contributed by atoms with van der Waals surface area (Å²) < 4.78 is 0. The SMILES string of the molecule is CC(C)c1ccc2[nH]c(O)c(N=Nc3cccnc3)c2c1. The van der Waals surface area contributed by atoms with E-state index in [-0.39, 0.29) is 5.88 Å². The molecule has 2 aromatic heterocycles. The first-order valence-corrected chi connectivity index (χ1v) is 6.81. The lowest BCUT2D eigenvalue weighted by Gasteiger charge is -2.04. The number of pyridine rings is 1. The van der Waals surface area contributed by atoms with Gasteiger partial charge >= 0.3 is 0 Å². The van der Waals surface area contributed by atoms with Gasteiger partial charge in [0.15, 0.2) is 5.69 Å². The summed E-state index contributed by atoms with van der Waals surface area (Å²) in [7, 11) is 0. The fourth-order valence-electron chi connectivity index (χ4n) is 2.16. The average molecular weight is 280 g/mol. The summed E-state index contributed by atoms with van der Waals surface area (Å²) >= 11 is 0. The smallest absolute Gasteiger partial charge is 0.218 e. The second-order valence-corrected chi connectivity index (χ2v) is 5.19. The number of hydrogen-bond donors (Lipinski definition) is 2. The van der Waals surface area contributed by atoms with Crippen molar-refractivity contribution in [2.75, 3.05) is 0 Å². The molecule has 0 atom stereocenters. The quantitative estimate of drug-likeness (QED) is 0.676. The van der Waals surface area contributed by atoms with Crippen LogP contribution in [0.5, 0.6) is 5.88 Å². The summed E-state index contributed by atoms with van der Waals surface area (Å²) in [6.45, 7) is 4.26. The molecule has 0 amide bonds. The predicted molar refractivity (Wildman–Crippen MR) is 82.5 cm³/mol. The fraction of sp³-hybridized carbons (Fsp3) is 0.188. The number of nitrogens with zero attached hydrogens (tertiary/aromatic N) is 3. The van der Waals surface area contributed by atoms with Crippen LogP contribution in [-0.2, 0) is 0 Å². The molecular weight excluding hydrogens is 264 g/mol. The molecule has 0 bridgehead atoms. The van der Waals surface area contributed by atoms with Crippen LogP contribution in [0.2, 0.25) is 0 Å². The molecule has 2 N–H and O–H groups in total. The lowest BCUT2D eigenvalue weighted by atomic mass is 10.0. The van der Waals surface area contributed by atoms with Gasteiger partial charge in [0, 0.05) is 11.6 Å². The molecule has 0 saturated carbocycles. The number of H-pyrrole nitrogens is 1. The number of azo groups is 1. The number of benzene rings is 1. The molecule has 5 heteroatoms. The van der Waals surface area contributed by atoms with Crippen LogP contribution in [0.15, 0.2) is 53.0 Å². The van der Waals surface area contributed by atoms with Gasteiger partial charge in [0.1, 0.15) is 5.69 Å². The molecule has 21 heavy (non-hydrogen) atoms. The predicted octanol–water partition coefficient (Wildman–Crippen LogP) is 4.81. The maximum atomic E-state index is 10.0. The fourth-order valence-corrected chi connectivity index (χ4v) is 2.16. The minimum absolute atomic E-state index is 0.0264. The van der Waals surface area contributed by atoms with E-state index in [0.29, 0.717) is 17.3 Å². The Morgan fingerprint density at radius 3 is 2.76 bits per heavy atom. The Kier molecular flexibility index (Phi) is 3.39. The summed E-state index contributed by atoms with van der Waals surface area (Å²) in [6, 6.07) is 9.63. The summed E-state index contributed by atoms with van der Waals surface area (Å²) in [5.74, 6) is 0.438. The van der Waals surface area contributed by atoms with Crippen LogP contribution in [0.3, 0.4) is 0 Å². The molecular formula is C16H16N4O. The molecule has 0 aliphatic heterocycles. The average Bonchev–Trinajstić information content (AvgIpc) is 2.80. The Morgan fingerprint density at radius 1 is 1.19 bits per heavy atom. The zero-order valence-corrected chi connectivity index (χ0v) is 11.9. The Bertz CT molecular complexity index is 791. The lowest BCUT2D eigenvalue weighted by molar-refractivity contribution is 0.459. The van der Waals surface area contributed by atoms with Crippen LogP contribution in [0.1, 0.15) is 25.3 Å². The van der Waals surface area contributed by atoms with Gasteiger partial charge in [-0.1, -0.05) is 19.9 Å². The Morgan fingerprint density at radius 2 is 2.05 bits per heavy atom. The van der Waals surface area contributed by atoms with E-state index in [1.807, 2.05) is 24.3 Å². The normalized spacial score (nSPS) is 11.8. The van der Waals surface area contributed by atoms with Gasteiger partial charge in [-0.15, -0.1) is 10.2 Å². The Balaban J connectivity index is 2.07. The molecule has 0 saturated heterocycles. The van der Waals surface area contributed by atoms with Gasteiger partial charge in [-0.2, -0.15) is 0 Å². The van der Waals surface area contributed by atoms with Crippen LogP contribution < -0.4 is 0 Å². The van der Waals surface area contributed by atoms with E-state index in [4.69, 9.17) is 0 Å². The molecule has 0 aliphatic rings. The number of rotatable bonds is 3. The van der Waals surface area contributed by atoms with E-state index in [1.54, 1.807) is 18.5 Å². The van der Waals surface area contributed by atoms with Crippen molar-refractivity contribution < 1.29 is 5.11 Å². The summed E-state index contributed by atoms with van der Waals surface area (Å²) in [4.78, 5) is 6.90. The molecule has 106 valence electrons. The number of fused-ring (bicyclic) bond motifs is 1. The maximum absolute atomic E-state index is 10.0. The van der Waals surface area contributed by atoms with Crippen LogP contribution >= 0.6 is 0 Å². The molecule has 3 rings (SSSR count). The van der Waals surface area contributed by atoms with Crippen LogP contribution in [0.4, 0.5) is 11.4 Å². The van der Waals surface area contributed by atoms with Gasteiger partial charge < -0.3 is 10.1 Å². The van der Waals surface area contributed by atoms with Gasteiger partial charge in [-0.05, 0) is 35.7 Å². The number of hydrogen-bond acceptors (Lipinski definition) is 4. The molecule has 0 radical (unpaired) electrons. The monoisotopic (exact) mass is 280 g/mol. The number of nitrogens with one attached hydrogen (secondary N) is 1. The van der Waals surface area contributed by atoms with Crippen molar-refractivity contribution in [3.8, 4) is 5.88 Å². The molecule has 0 unspecified atom stereocenters.